The highest BCUT2D eigenvalue weighted by Gasteiger charge is 2.32. The van der Waals surface area contributed by atoms with Gasteiger partial charge in [0.2, 0.25) is 15.2 Å². The van der Waals surface area contributed by atoms with E-state index in [9.17, 15) is 13.2 Å². The molecule has 0 saturated carbocycles. The minimum absolute atomic E-state index is 0.0669. The Bertz CT molecular complexity index is 1250. The molecule has 0 aliphatic carbocycles. The summed E-state index contributed by atoms with van der Waals surface area (Å²) in [6.45, 7) is 0.0669. The second kappa shape index (κ2) is 8.93. The first-order valence-electron chi connectivity index (χ1n) is 9.47. The molecule has 0 bridgehead atoms. The standard InChI is InChI=1S/C20H19ClN4O5S2/c1-29-14-6-3-12(4-7-14)19-23-24-20(31-19)22-18(26)17-9-10-25(32(2,27)28)15-11-13(21)5-8-16(15)30-17/h3-8,11,17H,9-10H2,1-2H3,(H,22,24,26). The van der Waals surface area contributed by atoms with Gasteiger partial charge in [0, 0.05) is 23.6 Å². The van der Waals surface area contributed by atoms with Crippen LogP contribution in [0.2, 0.25) is 5.02 Å². The predicted octanol–water partition coefficient (Wildman–Crippen LogP) is 3.42. The normalized spacial score (nSPS) is 16.0. The number of anilines is 2. The first kappa shape index (κ1) is 22.3. The van der Waals surface area contributed by atoms with Crippen molar-refractivity contribution in [3.8, 4) is 22.1 Å². The lowest BCUT2D eigenvalue weighted by molar-refractivity contribution is -0.122. The molecule has 168 valence electrons. The van der Waals surface area contributed by atoms with Gasteiger partial charge in [0.15, 0.2) is 6.10 Å². The van der Waals surface area contributed by atoms with E-state index >= 15 is 0 Å². The molecule has 0 saturated heterocycles. The molecule has 1 N–H and O–H groups in total. The van der Waals surface area contributed by atoms with Gasteiger partial charge in [-0.05, 0) is 42.5 Å². The number of halogens is 1. The summed E-state index contributed by atoms with van der Waals surface area (Å²) in [4.78, 5) is 12.9. The number of ether oxygens (including phenoxy) is 2. The number of carbonyl (C=O) groups is 1. The summed E-state index contributed by atoms with van der Waals surface area (Å²) < 4.78 is 36.7. The van der Waals surface area contributed by atoms with Crippen molar-refractivity contribution in [1.82, 2.24) is 10.2 Å². The lowest BCUT2D eigenvalue weighted by Gasteiger charge is -2.21. The molecule has 3 aromatic rings. The van der Waals surface area contributed by atoms with Gasteiger partial charge in [-0.3, -0.25) is 14.4 Å². The average Bonchev–Trinajstić information content (AvgIpc) is 3.12. The number of fused-ring (bicyclic) bond motifs is 1. The number of rotatable bonds is 5. The van der Waals surface area contributed by atoms with E-state index < -0.39 is 22.0 Å². The Labute approximate surface area is 194 Å². The number of sulfonamides is 1. The smallest absolute Gasteiger partial charge is 0.267 e. The van der Waals surface area contributed by atoms with Crippen molar-refractivity contribution in [3.05, 3.63) is 47.5 Å². The van der Waals surface area contributed by atoms with Crippen molar-refractivity contribution >= 4 is 49.7 Å². The summed E-state index contributed by atoms with van der Waals surface area (Å²) in [7, 11) is -2.00. The van der Waals surface area contributed by atoms with E-state index in [1.54, 1.807) is 19.2 Å². The molecule has 1 aliphatic rings. The number of carbonyl (C=O) groups excluding carboxylic acids is 1. The molecule has 2 aromatic carbocycles. The second-order valence-corrected chi connectivity index (χ2v) is 10.3. The highest BCUT2D eigenvalue weighted by Crippen LogP contribution is 2.36. The Morgan fingerprint density at radius 3 is 2.69 bits per heavy atom. The van der Waals surface area contributed by atoms with Crippen LogP contribution >= 0.6 is 22.9 Å². The summed E-state index contributed by atoms with van der Waals surface area (Å²) in [5, 5.41) is 12.2. The topological polar surface area (TPSA) is 111 Å². The Balaban J connectivity index is 1.52. The van der Waals surface area contributed by atoms with Gasteiger partial charge in [0.25, 0.3) is 5.91 Å². The molecule has 0 fully saturated rings. The van der Waals surface area contributed by atoms with Gasteiger partial charge < -0.3 is 9.47 Å². The number of nitrogens with one attached hydrogen (secondary N) is 1. The van der Waals surface area contributed by atoms with Crippen molar-refractivity contribution in [2.45, 2.75) is 12.5 Å². The number of amides is 1. The van der Waals surface area contributed by atoms with Crippen molar-refractivity contribution in [3.63, 3.8) is 0 Å². The third-order valence-corrected chi connectivity index (χ3v) is 7.04. The Morgan fingerprint density at radius 2 is 2.00 bits per heavy atom. The zero-order chi connectivity index (χ0) is 22.9. The molecule has 1 unspecified atom stereocenters. The van der Waals surface area contributed by atoms with Crippen LogP contribution < -0.4 is 19.1 Å². The summed E-state index contributed by atoms with van der Waals surface area (Å²) >= 11 is 7.26. The van der Waals surface area contributed by atoms with Gasteiger partial charge in [-0.25, -0.2) is 8.42 Å². The Hall–Kier alpha value is -2.89. The fourth-order valence-corrected chi connectivity index (χ4v) is 5.05. The lowest BCUT2D eigenvalue weighted by Crippen LogP contribution is -2.35. The van der Waals surface area contributed by atoms with Gasteiger partial charge in [0.1, 0.15) is 16.5 Å². The first-order chi connectivity index (χ1) is 15.2. The molecule has 1 amide bonds. The van der Waals surface area contributed by atoms with Crippen molar-refractivity contribution < 1.29 is 22.7 Å². The first-order valence-corrected chi connectivity index (χ1v) is 12.5. The fraction of sp³-hybridized carbons (Fsp3) is 0.250. The SMILES string of the molecule is COc1ccc(-c2nnc(NC(=O)C3CCN(S(C)(=O)=O)c4cc(Cl)ccc4O3)s2)cc1. The summed E-state index contributed by atoms with van der Waals surface area (Å²) in [6, 6.07) is 11.9. The van der Waals surface area contributed by atoms with E-state index in [2.05, 4.69) is 15.5 Å². The maximum absolute atomic E-state index is 12.9. The molecule has 4 rings (SSSR count). The maximum Gasteiger partial charge on any atom is 0.267 e. The van der Waals surface area contributed by atoms with Gasteiger partial charge in [-0.2, -0.15) is 0 Å². The third-order valence-electron chi connectivity index (χ3n) is 4.74. The number of hydrogen-bond acceptors (Lipinski definition) is 8. The molecule has 2 heterocycles. The van der Waals surface area contributed by atoms with Crippen LogP contribution in [0.4, 0.5) is 10.8 Å². The highest BCUT2D eigenvalue weighted by molar-refractivity contribution is 7.92. The second-order valence-electron chi connectivity index (χ2n) is 6.97. The number of aromatic nitrogens is 2. The van der Waals surface area contributed by atoms with Crippen molar-refractivity contribution in [2.24, 2.45) is 0 Å². The van der Waals surface area contributed by atoms with E-state index in [4.69, 9.17) is 21.1 Å². The molecule has 0 spiro atoms. The summed E-state index contributed by atoms with van der Waals surface area (Å²) in [5.41, 5.74) is 1.14. The van der Waals surface area contributed by atoms with Crippen LogP contribution in [-0.4, -0.2) is 50.5 Å². The number of hydrogen-bond donors (Lipinski definition) is 1. The highest BCUT2D eigenvalue weighted by atomic mass is 35.5. The molecular formula is C20H19ClN4O5S2. The van der Waals surface area contributed by atoms with Crippen LogP contribution in [0, 0.1) is 0 Å². The van der Waals surface area contributed by atoms with Crippen LogP contribution in [0.3, 0.4) is 0 Å². The van der Waals surface area contributed by atoms with E-state index in [1.807, 2.05) is 24.3 Å². The molecule has 1 aliphatic heterocycles. The van der Waals surface area contributed by atoms with E-state index in [-0.39, 0.29) is 18.7 Å². The van der Waals surface area contributed by atoms with E-state index in [0.717, 1.165) is 17.6 Å². The van der Waals surface area contributed by atoms with E-state index in [1.165, 1.54) is 21.7 Å². The lowest BCUT2D eigenvalue weighted by atomic mass is 10.2. The minimum atomic E-state index is -3.59. The molecule has 1 atom stereocenters. The zero-order valence-electron chi connectivity index (χ0n) is 17.1. The summed E-state index contributed by atoms with van der Waals surface area (Å²) in [6.07, 6.45) is 0.324. The van der Waals surface area contributed by atoms with Gasteiger partial charge in [-0.15, -0.1) is 10.2 Å². The number of nitrogens with zero attached hydrogens (tertiary/aromatic N) is 3. The Kier molecular flexibility index (Phi) is 6.22. The molecule has 32 heavy (non-hydrogen) atoms. The quantitative estimate of drug-likeness (QED) is 0.578. The van der Waals surface area contributed by atoms with Crippen molar-refractivity contribution in [2.75, 3.05) is 29.5 Å². The van der Waals surface area contributed by atoms with Gasteiger partial charge in [-0.1, -0.05) is 22.9 Å². The zero-order valence-corrected chi connectivity index (χ0v) is 19.5. The average molecular weight is 495 g/mol. The third kappa shape index (κ3) is 4.79. The van der Waals surface area contributed by atoms with Crippen LogP contribution in [0.15, 0.2) is 42.5 Å². The van der Waals surface area contributed by atoms with Gasteiger partial charge in [0.05, 0.1) is 19.1 Å². The molecule has 1 aromatic heterocycles. The molecule has 0 radical (unpaired) electrons. The van der Waals surface area contributed by atoms with E-state index in [0.29, 0.717) is 20.8 Å². The maximum atomic E-state index is 12.9. The molecule has 9 nitrogen and oxygen atoms in total. The fourth-order valence-electron chi connectivity index (χ4n) is 3.19. The largest absolute Gasteiger partial charge is 0.497 e. The van der Waals surface area contributed by atoms with Crippen LogP contribution in [0.1, 0.15) is 6.42 Å². The number of methoxy groups -OCH3 is 1. The van der Waals surface area contributed by atoms with Crippen LogP contribution in [-0.2, 0) is 14.8 Å². The summed E-state index contributed by atoms with van der Waals surface area (Å²) in [5.74, 6) is 0.536. The molecule has 12 heteroatoms. The Morgan fingerprint density at radius 1 is 1.25 bits per heavy atom. The minimum Gasteiger partial charge on any atom is -0.497 e. The number of benzene rings is 2. The van der Waals surface area contributed by atoms with Crippen LogP contribution in [0.25, 0.3) is 10.6 Å². The monoisotopic (exact) mass is 494 g/mol. The van der Waals surface area contributed by atoms with Crippen molar-refractivity contribution in [1.29, 1.82) is 0 Å². The van der Waals surface area contributed by atoms with Crippen LogP contribution in [0.5, 0.6) is 11.5 Å². The van der Waals surface area contributed by atoms with Gasteiger partial charge >= 0.3 is 0 Å². The molecular weight excluding hydrogens is 476 g/mol. The predicted molar refractivity (Wildman–Crippen MR) is 123 cm³/mol.